The number of Topliss-reactive ketones (excluding diaryl/α,β-unsaturated/α-hetero) is 1. The van der Waals surface area contributed by atoms with Crippen LogP contribution in [0.3, 0.4) is 0 Å². The minimum atomic E-state index is -0.701. The van der Waals surface area contributed by atoms with Crippen molar-refractivity contribution < 1.29 is 28.2 Å². The number of esters is 1. The van der Waals surface area contributed by atoms with Crippen LogP contribution in [0.15, 0.2) is 48.5 Å². The maximum Gasteiger partial charge on any atom is 0.411 e. The molecular weight excluding hydrogens is 329 g/mol. The van der Waals surface area contributed by atoms with Crippen molar-refractivity contribution in [3.05, 3.63) is 65.5 Å². The number of ketones is 1. The van der Waals surface area contributed by atoms with Crippen molar-refractivity contribution in [2.45, 2.75) is 6.92 Å². The van der Waals surface area contributed by atoms with Crippen LogP contribution in [0.2, 0.25) is 0 Å². The Morgan fingerprint density at radius 3 is 2.36 bits per heavy atom. The monoisotopic (exact) mass is 345 g/mol. The van der Waals surface area contributed by atoms with Crippen molar-refractivity contribution in [2.24, 2.45) is 0 Å². The number of hydrogen-bond donors (Lipinski definition) is 1. The average Bonchev–Trinajstić information content (AvgIpc) is 2.60. The zero-order valence-corrected chi connectivity index (χ0v) is 13.5. The maximum atomic E-state index is 13.1. The Hall–Kier alpha value is -3.22. The van der Waals surface area contributed by atoms with Gasteiger partial charge in [-0.25, -0.2) is 14.0 Å². The highest BCUT2D eigenvalue weighted by Crippen LogP contribution is 2.11. The van der Waals surface area contributed by atoms with Crippen LogP contribution in [0.25, 0.3) is 0 Å². The van der Waals surface area contributed by atoms with Gasteiger partial charge in [0, 0.05) is 11.3 Å². The molecule has 2 aromatic carbocycles. The number of hydrogen-bond acceptors (Lipinski definition) is 5. The summed E-state index contributed by atoms with van der Waals surface area (Å²) in [6.45, 7) is 1.44. The zero-order chi connectivity index (χ0) is 18.2. The molecular formula is C18H16FNO5. The van der Waals surface area contributed by atoms with E-state index < -0.39 is 30.3 Å². The predicted octanol–water partition coefficient (Wildman–Crippen LogP) is 3.43. The molecule has 0 aromatic heterocycles. The van der Waals surface area contributed by atoms with Crippen molar-refractivity contribution in [3.63, 3.8) is 0 Å². The molecule has 0 saturated heterocycles. The van der Waals surface area contributed by atoms with Crippen LogP contribution in [0.1, 0.15) is 27.6 Å². The second-order valence-electron chi connectivity index (χ2n) is 4.93. The van der Waals surface area contributed by atoms with Gasteiger partial charge in [0.2, 0.25) is 0 Å². The third-order valence-electron chi connectivity index (χ3n) is 3.12. The number of carbonyl (C=O) groups excluding carboxylic acids is 3. The minimum Gasteiger partial charge on any atom is -0.454 e. The lowest BCUT2D eigenvalue weighted by Crippen LogP contribution is -2.15. The highest BCUT2D eigenvalue weighted by molar-refractivity contribution is 5.99. The average molecular weight is 345 g/mol. The number of carbonyl (C=O) groups is 3. The Bertz CT molecular complexity index is 773. The van der Waals surface area contributed by atoms with Crippen molar-refractivity contribution in [1.82, 2.24) is 0 Å². The summed E-state index contributed by atoms with van der Waals surface area (Å²) in [5.41, 5.74) is 0.786. The van der Waals surface area contributed by atoms with E-state index in [-0.39, 0.29) is 17.7 Å². The van der Waals surface area contributed by atoms with Crippen molar-refractivity contribution in [2.75, 3.05) is 18.5 Å². The minimum absolute atomic E-state index is 0.127. The Labute approximate surface area is 143 Å². The number of halogens is 1. The van der Waals surface area contributed by atoms with E-state index >= 15 is 0 Å². The van der Waals surface area contributed by atoms with Gasteiger partial charge in [-0.1, -0.05) is 12.1 Å². The lowest BCUT2D eigenvalue weighted by Gasteiger charge is -2.07. The Balaban J connectivity index is 1.90. The first kappa shape index (κ1) is 18.1. The van der Waals surface area contributed by atoms with Crippen LogP contribution in [0, 0.1) is 5.82 Å². The Morgan fingerprint density at radius 2 is 1.72 bits per heavy atom. The molecule has 0 bridgehead atoms. The molecule has 0 heterocycles. The summed E-state index contributed by atoms with van der Waals surface area (Å²) >= 11 is 0. The molecule has 0 aliphatic carbocycles. The first-order valence-corrected chi connectivity index (χ1v) is 7.49. The van der Waals surface area contributed by atoms with E-state index in [1.54, 1.807) is 6.92 Å². The number of amides is 1. The number of benzene rings is 2. The van der Waals surface area contributed by atoms with Crippen LogP contribution < -0.4 is 5.32 Å². The molecule has 2 aromatic rings. The van der Waals surface area contributed by atoms with Crippen LogP contribution in [0.5, 0.6) is 0 Å². The van der Waals surface area contributed by atoms with Crippen molar-refractivity contribution >= 4 is 23.5 Å². The maximum absolute atomic E-state index is 13.1. The van der Waals surface area contributed by atoms with Gasteiger partial charge in [0.15, 0.2) is 12.4 Å². The lowest BCUT2D eigenvalue weighted by molar-refractivity contribution is 0.0474. The van der Waals surface area contributed by atoms with Gasteiger partial charge in [-0.15, -0.1) is 0 Å². The summed E-state index contributed by atoms with van der Waals surface area (Å²) in [6, 6.07) is 11.0. The predicted molar refractivity (Wildman–Crippen MR) is 88.1 cm³/mol. The molecule has 0 spiro atoms. The summed E-state index contributed by atoms with van der Waals surface area (Å²) in [6.07, 6.45) is -0.599. The first-order valence-electron chi connectivity index (χ1n) is 7.49. The summed E-state index contributed by atoms with van der Waals surface area (Å²) in [7, 11) is 0. The SMILES string of the molecule is CCOC(=O)Nc1ccc(C(=O)OCC(=O)c2cccc(F)c2)cc1. The molecule has 0 unspecified atom stereocenters. The third-order valence-corrected chi connectivity index (χ3v) is 3.12. The molecule has 2 rings (SSSR count). The fourth-order valence-electron chi connectivity index (χ4n) is 1.93. The van der Waals surface area contributed by atoms with E-state index in [1.807, 2.05) is 0 Å². The molecule has 1 amide bonds. The molecule has 130 valence electrons. The highest BCUT2D eigenvalue weighted by Gasteiger charge is 2.12. The van der Waals surface area contributed by atoms with Crippen molar-refractivity contribution in [1.29, 1.82) is 0 Å². The molecule has 0 radical (unpaired) electrons. The number of rotatable bonds is 6. The summed E-state index contributed by atoms with van der Waals surface area (Å²) in [5, 5.41) is 2.48. The topological polar surface area (TPSA) is 81.7 Å². The zero-order valence-electron chi connectivity index (χ0n) is 13.5. The van der Waals surface area contributed by atoms with E-state index in [4.69, 9.17) is 9.47 Å². The fourth-order valence-corrected chi connectivity index (χ4v) is 1.93. The Morgan fingerprint density at radius 1 is 1.00 bits per heavy atom. The highest BCUT2D eigenvalue weighted by atomic mass is 19.1. The van der Waals surface area contributed by atoms with Gasteiger partial charge >= 0.3 is 12.1 Å². The molecule has 0 saturated carbocycles. The van der Waals surface area contributed by atoms with E-state index in [0.29, 0.717) is 5.69 Å². The van der Waals surface area contributed by atoms with Crippen LogP contribution in [-0.4, -0.2) is 31.1 Å². The van der Waals surface area contributed by atoms with Gasteiger partial charge in [0.25, 0.3) is 0 Å². The molecule has 1 N–H and O–H groups in total. The van der Waals surface area contributed by atoms with E-state index in [9.17, 15) is 18.8 Å². The molecule has 0 aliphatic heterocycles. The van der Waals surface area contributed by atoms with E-state index in [1.165, 1.54) is 42.5 Å². The molecule has 0 atom stereocenters. The second-order valence-corrected chi connectivity index (χ2v) is 4.93. The van der Waals surface area contributed by atoms with Gasteiger partial charge in [0.05, 0.1) is 12.2 Å². The number of anilines is 1. The van der Waals surface area contributed by atoms with Crippen LogP contribution in [0.4, 0.5) is 14.9 Å². The van der Waals surface area contributed by atoms with E-state index in [0.717, 1.165) is 6.07 Å². The number of ether oxygens (including phenoxy) is 2. The molecule has 6 nitrogen and oxygen atoms in total. The molecule has 7 heteroatoms. The first-order chi connectivity index (χ1) is 12.0. The van der Waals surface area contributed by atoms with E-state index in [2.05, 4.69) is 5.32 Å². The lowest BCUT2D eigenvalue weighted by atomic mass is 10.1. The number of nitrogens with one attached hydrogen (secondary N) is 1. The summed E-state index contributed by atoms with van der Waals surface area (Å²) < 4.78 is 22.7. The molecule has 0 aliphatic rings. The second kappa shape index (κ2) is 8.58. The molecule has 25 heavy (non-hydrogen) atoms. The van der Waals surface area contributed by atoms with Gasteiger partial charge in [-0.2, -0.15) is 0 Å². The van der Waals surface area contributed by atoms with Crippen LogP contribution >= 0.6 is 0 Å². The van der Waals surface area contributed by atoms with Gasteiger partial charge in [-0.3, -0.25) is 10.1 Å². The van der Waals surface area contributed by atoms with Gasteiger partial charge in [0.1, 0.15) is 5.82 Å². The van der Waals surface area contributed by atoms with Crippen molar-refractivity contribution in [3.8, 4) is 0 Å². The normalized spacial score (nSPS) is 10.0. The quantitative estimate of drug-likeness (QED) is 0.641. The van der Waals surface area contributed by atoms with Gasteiger partial charge in [-0.05, 0) is 43.3 Å². The molecule has 0 fully saturated rings. The third kappa shape index (κ3) is 5.42. The van der Waals surface area contributed by atoms with Crippen LogP contribution in [-0.2, 0) is 9.47 Å². The summed E-state index contributed by atoms with van der Waals surface area (Å²) in [5.74, 6) is -1.75. The largest absolute Gasteiger partial charge is 0.454 e. The Kier molecular flexibility index (Phi) is 6.22. The summed E-state index contributed by atoms with van der Waals surface area (Å²) in [4.78, 5) is 35.1. The fraction of sp³-hybridized carbons (Fsp3) is 0.167. The standard InChI is InChI=1S/C18H16FNO5/c1-2-24-18(23)20-15-8-6-12(7-9-15)17(22)25-11-16(21)13-4-3-5-14(19)10-13/h3-10H,2,11H2,1H3,(H,20,23). The van der Waals surface area contributed by atoms with Gasteiger partial charge < -0.3 is 9.47 Å². The smallest absolute Gasteiger partial charge is 0.411 e.